The lowest BCUT2D eigenvalue weighted by Crippen LogP contribution is -2.30. The predicted octanol–water partition coefficient (Wildman–Crippen LogP) is 27.9. The summed E-state index contributed by atoms with van der Waals surface area (Å²) >= 11 is 0. The Kier molecular flexibility index (Phi) is 81.1. The lowest BCUT2D eigenvalue weighted by molar-refractivity contribution is -0.161. The van der Waals surface area contributed by atoms with Crippen molar-refractivity contribution in [3.8, 4) is 0 Å². The Hall–Kier alpha value is -1.94. The van der Waals surface area contributed by atoms with Crippen LogP contribution in [0, 0.1) is 5.92 Å². The summed E-state index contributed by atoms with van der Waals surface area (Å²) in [6.07, 6.45) is 77.7. The number of hydrogen-bond donors (Lipinski definition) is 3. The van der Waals surface area contributed by atoms with E-state index in [4.69, 9.17) is 37.0 Å². The molecule has 0 saturated carbocycles. The molecule has 3 N–H and O–H groups in total. The van der Waals surface area contributed by atoms with Crippen molar-refractivity contribution in [1.29, 1.82) is 0 Å². The van der Waals surface area contributed by atoms with Gasteiger partial charge < -0.3 is 33.8 Å². The molecule has 3 unspecified atom stereocenters. The highest BCUT2D eigenvalue weighted by Gasteiger charge is 2.31. The van der Waals surface area contributed by atoms with Crippen LogP contribution < -0.4 is 0 Å². The maximum Gasteiger partial charge on any atom is 0.472 e. The molecule has 0 aliphatic rings. The molecule has 0 aliphatic heterocycles. The van der Waals surface area contributed by atoms with Crippen LogP contribution in [0.2, 0.25) is 0 Å². The van der Waals surface area contributed by atoms with E-state index in [1.54, 1.807) is 0 Å². The number of unbranched alkanes of at least 4 members (excludes halogenated alkanes) is 61. The SMILES string of the molecule is CCCCCCCCCCCCCCCCCCCCCCCC(=O)OC[C@H](COP(=O)(O)OC[C@@H](O)COP(=O)(O)OC[C@@H](COC(=O)CCCCCCCCCCCCCCC)OC(=O)CCCCCCCCCCCCCCC)OC(=O)CCCCCCCCCCCCCCCCCCCCC(C)CC. The van der Waals surface area contributed by atoms with E-state index in [0.29, 0.717) is 25.7 Å². The third-order valence-electron chi connectivity index (χ3n) is 21.6. The fraction of sp³-hybridized carbons (Fsp3) is 0.956. The maximum absolute atomic E-state index is 13.2. The molecule has 0 bridgehead atoms. The van der Waals surface area contributed by atoms with Gasteiger partial charge in [-0.05, 0) is 31.6 Å². The Morgan fingerprint density at radius 2 is 0.440 bits per heavy atom. The molecular formula is C90H176O17P2. The van der Waals surface area contributed by atoms with Crippen molar-refractivity contribution in [1.82, 2.24) is 0 Å². The first-order chi connectivity index (χ1) is 53.1. The zero-order valence-electron chi connectivity index (χ0n) is 71.7. The molecule has 0 amide bonds. The van der Waals surface area contributed by atoms with Gasteiger partial charge in [-0.1, -0.05) is 439 Å². The van der Waals surface area contributed by atoms with Crippen molar-refractivity contribution in [2.24, 2.45) is 5.92 Å². The number of phosphoric ester groups is 2. The first-order valence-electron chi connectivity index (χ1n) is 46.7. The largest absolute Gasteiger partial charge is 0.472 e. The van der Waals surface area contributed by atoms with E-state index in [-0.39, 0.29) is 25.7 Å². The van der Waals surface area contributed by atoms with Gasteiger partial charge in [-0.25, -0.2) is 9.13 Å². The van der Waals surface area contributed by atoms with E-state index in [0.717, 1.165) is 95.8 Å². The van der Waals surface area contributed by atoms with Gasteiger partial charge in [-0.3, -0.25) is 37.3 Å². The average Bonchev–Trinajstić information content (AvgIpc) is 0.899. The second-order valence-electron chi connectivity index (χ2n) is 32.6. The van der Waals surface area contributed by atoms with Gasteiger partial charge in [0.2, 0.25) is 0 Å². The number of carbonyl (C=O) groups excluding carboxylic acids is 4. The van der Waals surface area contributed by atoms with Crippen LogP contribution in [-0.2, 0) is 65.4 Å². The van der Waals surface area contributed by atoms with Gasteiger partial charge in [-0.15, -0.1) is 0 Å². The maximum atomic E-state index is 13.2. The van der Waals surface area contributed by atoms with Crippen LogP contribution in [0.25, 0.3) is 0 Å². The summed E-state index contributed by atoms with van der Waals surface area (Å²) < 4.78 is 69.0. The zero-order valence-corrected chi connectivity index (χ0v) is 73.5. The van der Waals surface area contributed by atoms with Crippen molar-refractivity contribution < 1.29 is 80.2 Å². The van der Waals surface area contributed by atoms with Crippen molar-refractivity contribution in [2.75, 3.05) is 39.6 Å². The third-order valence-corrected chi connectivity index (χ3v) is 23.5. The summed E-state index contributed by atoms with van der Waals surface area (Å²) in [5.74, 6) is -1.22. The highest BCUT2D eigenvalue weighted by atomic mass is 31.2. The highest BCUT2D eigenvalue weighted by Crippen LogP contribution is 2.45. The quantitative estimate of drug-likeness (QED) is 0.0222. The van der Waals surface area contributed by atoms with Crippen LogP contribution in [0.4, 0.5) is 0 Å². The number of esters is 4. The topological polar surface area (TPSA) is 237 Å². The molecule has 0 radical (unpaired) electrons. The molecule has 0 aromatic heterocycles. The van der Waals surface area contributed by atoms with E-state index >= 15 is 0 Å². The number of phosphoric acid groups is 2. The first kappa shape index (κ1) is 107. The Bertz CT molecular complexity index is 2070. The van der Waals surface area contributed by atoms with E-state index in [1.807, 2.05) is 0 Å². The standard InChI is InChI=1S/C90H176O17P2/c1-6-10-13-16-19-22-25-28-29-30-31-32-33-37-40-45-49-54-59-64-69-74-88(93)101-80-86(107-90(95)76-71-66-61-56-51-46-41-38-35-34-36-39-44-47-52-57-62-67-72-83(5)9-4)82-105-109(98,99)103-78-84(91)77-102-108(96,97)104-81-85(106-89(94)75-70-65-60-55-50-43-27-24-21-18-15-12-8-3)79-100-87(92)73-68-63-58-53-48-42-26-23-20-17-14-11-7-2/h83-86,91H,6-82H2,1-5H3,(H,96,97)(H,98,99)/t83?,84-,85+,86+/m0/s1. The summed E-state index contributed by atoms with van der Waals surface area (Å²) in [4.78, 5) is 73.4. The molecule has 6 atom stereocenters. The Labute approximate surface area is 670 Å². The number of ether oxygens (including phenoxy) is 4. The number of carbonyl (C=O) groups is 4. The second kappa shape index (κ2) is 82.6. The first-order valence-corrected chi connectivity index (χ1v) is 49.7. The summed E-state index contributed by atoms with van der Waals surface area (Å²) in [6.45, 7) is 7.46. The van der Waals surface area contributed by atoms with Crippen LogP contribution in [0.5, 0.6) is 0 Å². The van der Waals surface area contributed by atoms with Crippen molar-refractivity contribution in [3.05, 3.63) is 0 Å². The van der Waals surface area contributed by atoms with Crippen LogP contribution in [0.15, 0.2) is 0 Å². The molecule has 0 heterocycles. The molecule has 0 spiro atoms. The van der Waals surface area contributed by atoms with E-state index in [1.165, 1.54) is 315 Å². The predicted molar refractivity (Wildman–Crippen MR) is 451 cm³/mol. The van der Waals surface area contributed by atoms with Gasteiger partial charge in [0.25, 0.3) is 0 Å². The monoisotopic (exact) mass is 1590 g/mol. The smallest absolute Gasteiger partial charge is 0.462 e. The summed E-state index contributed by atoms with van der Waals surface area (Å²) in [6, 6.07) is 0. The highest BCUT2D eigenvalue weighted by molar-refractivity contribution is 7.47. The van der Waals surface area contributed by atoms with Crippen molar-refractivity contribution in [2.45, 2.75) is 509 Å². The van der Waals surface area contributed by atoms with Gasteiger partial charge in [0.05, 0.1) is 26.4 Å². The molecule has 19 heteroatoms. The molecule has 0 fully saturated rings. The van der Waals surface area contributed by atoms with Gasteiger partial charge in [0, 0.05) is 25.7 Å². The summed E-state index contributed by atoms with van der Waals surface area (Å²) in [7, 11) is -9.93. The second-order valence-corrected chi connectivity index (χ2v) is 35.5. The zero-order chi connectivity index (χ0) is 79.7. The third kappa shape index (κ3) is 82.4. The molecule has 648 valence electrons. The summed E-state index contributed by atoms with van der Waals surface area (Å²) in [5.41, 5.74) is 0. The molecular weight excluding hydrogens is 1410 g/mol. The Balaban J connectivity index is 5.23. The van der Waals surface area contributed by atoms with Gasteiger partial charge >= 0.3 is 39.5 Å². The van der Waals surface area contributed by atoms with Crippen LogP contribution in [0.3, 0.4) is 0 Å². The minimum atomic E-state index is -4.97. The van der Waals surface area contributed by atoms with E-state index in [2.05, 4.69) is 34.6 Å². The Morgan fingerprint density at radius 1 is 0.257 bits per heavy atom. The number of rotatable bonds is 90. The molecule has 0 rings (SSSR count). The normalized spacial score (nSPS) is 13.9. The molecule has 0 aliphatic carbocycles. The van der Waals surface area contributed by atoms with Crippen molar-refractivity contribution >= 4 is 39.5 Å². The van der Waals surface area contributed by atoms with Gasteiger partial charge in [0.15, 0.2) is 12.2 Å². The number of aliphatic hydroxyl groups excluding tert-OH is 1. The fourth-order valence-electron chi connectivity index (χ4n) is 14.1. The fourth-order valence-corrected chi connectivity index (χ4v) is 15.7. The lowest BCUT2D eigenvalue weighted by atomic mass is 9.99. The molecule has 0 aromatic carbocycles. The minimum Gasteiger partial charge on any atom is -0.462 e. The lowest BCUT2D eigenvalue weighted by Gasteiger charge is -2.21. The molecule has 0 saturated heterocycles. The average molecular weight is 1590 g/mol. The van der Waals surface area contributed by atoms with Crippen LogP contribution >= 0.6 is 15.6 Å². The molecule has 109 heavy (non-hydrogen) atoms. The van der Waals surface area contributed by atoms with E-state index in [9.17, 15) is 43.2 Å². The van der Waals surface area contributed by atoms with Crippen LogP contribution in [-0.4, -0.2) is 96.7 Å². The minimum absolute atomic E-state index is 0.109. The number of hydrogen-bond acceptors (Lipinski definition) is 15. The van der Waals surface area contributed by atoms with Crippen molar-refractivity contribution in [3.63, 3.8) is 0 Å². The van der Waals surface area contributed by atoms with Gasteiger partial charge in [-0.2, -0.15) is 0 Å². The summed E-state index contributed by atoms with van der Waals surface area (Å²) in [5, 5.41) is 10.7. The molecule has 17 nitrogen and oxygen atoms in total. The van der Waals surface area contributed by atoms with Crippen LogP contribution in [0.1, 0.15) is 490 Å². The Morgan fingerprint density at radius 3 is 0.651 bits per heavy atom. The molecule has 0 aromatic rings. The number of aliphatic hydroxyl groups is 1. The van der Waals surface area contributed by atoms with E-state index < -0.39 is 97.5 Å². The van der Waals surface area contributed by atoms with Gasteiger partial charge in [0.1, 0.15) is 19.3 Å².